The summed E-state index contributed by atoms with van der Waals surface area (Å²) in [7, 11) is 2.20. The number of hydrogen-bond acceptors (Lipinski definition) is 5. The lowest BCUT2D eigenvalue weighted by molar-refractivity contribution is 0.241. The highest BCUT2D eigenvalue weighted by Crippen LogP contribution is 2.26. The van der Waals surface area contributed by atoms with Gasteiger partial charge in [-0.05, 0) is 33.2 Å². The Balaban J connectivity index is 1.65. The van der Waals surface area contributed by atoms with Crippen LogP contribution in [-0.2, 0) is 13.1 Å². The lowest BCUT2D eigenvalue weighted by atomic mass is 10.3. The van der Waals surface area contributed by atoms with E-state index in [2.05, 4.69) is 34.5 Å². The number of nitrogens with zero attached hydrogens (tertiary/aromatic N) is 4. The van der Waals surface area contributed by atoms with Crippen LogP contribution in [0.25, 0.3) is 0 Å². The molecule has 0 spiro atoms. The Labute approximate surface area is 114 Å². The van der Waals surface area contributed by atoms with Crippen molar-refractivity contribution < 1.29 is 5.11 Å². The molecular weight excluding hydrogens is 242 g/mol. The molecule has 1 aromatic heterocycles. The van der Waals surface area contributed by atoms with Crippen LogP contribution >= 0.6 is 0 Å². The number of aromatic nitrogens is 3. The van der Waals surface area contributed by atoms with Crippen molar-refractivity contribution >= 4 is 0 Å². The Bertz CT molecular complexity index is 377. The highest BCUT2D eigenvalue weighted by atomic mass is 16.3. The summed E-state index contributed by atoms with van der Waals surface area (Å²) in [5, 5.41) is 20.3. The van der Waals surface area contributed by atoms with Gasteiger partial charge in [-0.15, -0.1) is 5.10 Å². The van der Waals surface area contributed by atoms with Gasteiger partial charge >= 0.3 is 0 Å². The SMILES string of the molecule is CC(CNCc1cn(CCCO)nn1)N(C)C1CC1. The average Bonchev–Trinajstić information content (AvgIpc) is 3.16. The second-order valence-electron chi connectivity index (χ2n) is 5.43. The van der Waals surface area contributed by atoms with Crippen LogP contribution in [0.1, 0.15) is 31.9 Å². The molecule has 0 bridgehead atoms. The van der Waals surface area contributed by atoms with Crippen molar-refractivity contribution in [1.29, 1.82) is 0 Å². The van der Waals surface area contributed by atoms with Crippen LogP contribution < -0.4 is 5.32 Å². The van der Waals surface area contributed by atoms with E-state index < -0.39 is 0 Å². The minimum Gasteiger partial charge on any atom is -0.396 e. The van der Waals surface area contributed by atoms with E-state index in [1.807, 2.05) is 6.20 Å². The topological polar surface area (TPSA) is 66.2 Å². The molecule has 1 fully saturated rings. The second kappa shape index (κ2) is 6.98. The summed E-state index contributed by atoms with van der Waals surface area (Å²) in [6.45, 7) is 4.89. The molecule has 6 heteroatoms. The first-order valence-electron chi connectivity index (χ1n) is 7.13. The minimum atomic E-state index is 0.193. The number of likely N-dealkylation sites (N-methyl/N-ethyl adjacent to an activating group) is 1. The summed E-state index contributed by atoms with van der Waals surface area (Å²) >= 11 is 0. The standard InChI is InChI=1S/C13H25N5O/c1-11(17(2)13-4-5-13)8-14-9-12-10-18(16-15-12)6-3-7-19/h10-11,13-14,19H,3-9H2,1-2H3. The van der Waals surface area contributed by atoms with E-state index in [1.165, 1.54) is 12.8 Å². The molecular formula is C13H25N5O. The highest BCUT2D eigenvalue weighted by Gasteiger charge is 2.28. The molecule has 0 aromatic carbocycles. The quantitative estimate of drug-likeness (QED) is 0.670. The third-order valence-electron chi connectivity index (χ3n) is 3.70. The second-order valence-corrected chi connectivity index (χ2v) is 5.43. The van der Waals surface area contributed by atoms with Gasteiger partial charge in [0.25, 0.3) is 0 Å². The van der Waals surface area contributed by atoms with Crippen LogP contribution in [0.15, 0.2) is 6.20 Å². The zero-order valence-corrected chi connectivity index (χ0v) is 11.9. The highest BCUT2D eigenvalue weighted by molar-refractivity contribution is 4.92. The minimum absolute atomic E-state index is 0.193. The number of hydrogen-bond donors (Lipinski definition) is 2. The first-order chi connectivity index (χ1) is 9.20. The summed E-state index contributed by atoms with van der Waals surface area (Å²) in [5.74, 6) is 0. The number of aliphatic hydroxyl groups excluding tert-OH is 1. The summed E-state index contributed by atoms with van der Waals surface area (Å²) in [6, 6.07) is 1.35. The van der Waals surface area contributed by atoms with Crippen molar-refractivity contribution in [2.45, 2.75) is 51.4 Å². The van der Waals surface area contributed by atoms with Crippen LogP contribution in [0.2, 0.25) is 0 Å². The molecule has 1 aliphatic rings. The molecule has 6 nitrogen and oxygen atoms in total. The summed E-state index contributed by atoms with van der Waals surface area (Å²) in [4.78, 5) is 2.45. The molecule has 1 aromatic rings. The monoisotopic (exact) mass is 267 g/mol. The molecule has 1 unspecified atom stereocenters. The number of aryl methyl sites for hydroxylation is 1. The first kappa shape index (κ1) is 14.4. The molecule has 19 heavy (non-hydrogen) atoms. The van der Waals surface area contributed by atoms with Crippen molar-refractivity contribution in [2.75, 3.05) is 20.2 Å². The molecule has 1 aliphatic carbocycles. The van der Waals surface area contributed by atoms with Crippen molar-refractivity contribution in [3.05, 3.63) is 11.9 Å². The Morgan fingerprint density at radius 3 is 3.05 bits per heavy atom. The summed E-state index contributed by atoms with van der Waals surface area (Å²) < 4.78 is 1.78. The summed E-state index contributed by atoms with van der Waals surface area (Å²) in [6.07, 6.45) is 5.36. The molecule has 0 amide bonds. The maximum absolute atomic E-state index is 8.76. The van der Waals surface area contributed by atoms with Crippen LogP contribution in [0.5, 0.6) is 0 Å². The van der Waals surface area contributed by atoms with Gasteiger partial charge in [-0.3, -0.25) is 9.58 Å². The number of rotatable bonds is 9. The van der Waals surface area contributed by atoms with Gasteiger partial charge in [-0.2, -0.15) is 0 Å². The van der Waals surface area contributed by atoms with E-state index in [0.717, 1.165) is 37.8 Å². The Kier molecular flexibility index (Phi) is 5.30. The van der Waals surface area contributed by atoms with E-state index in [4.69, 9.17) is 5.11 Å². The van der Waals surface area contributed by atoms with Gasteiger partial charge in [0.2, 0.25) is 0 Å². The molecule has 108 valence electrons. The molecule has 1 heterocycles. The molecule has 1 saturated carbocycles. The Morgan fingerprint density at radius 2 is 2.37 bits per heavy atom. The van der Waals surface area contributed by atoms with Crippen molar-refractivity contribution in [3.63, 3.8) is 0 Å². The fourth-order valence-corrected chi connectivity index (χ4v) is 2.16. The first-order valence-corrected chi connectivity index (χ1v) is 7.13. The van der Waals surface area contributed by atoms with Crippen LogP contribution in [0.4, 0.5) is 0 Å². The van der Waals surface area contributed by atoms with Gasteiger partial charge in [0.05, 0.1) is 5.69 Å². The smallest absolute Gasteiger partial charge is 0.0964 e. The normalized spacial score (nSPS) is 17.1. The maximum atomic E-state index is 8.76. The van der Waals surface area contributed by atoms with Crippen molar-refractivity contribution in [1.82, 2.24) is 25.2 Å². The van der Waals surface area contributed by atoms with Crippen molar-refractivity contribution in [2.24, 2.45) is 0 Å². The van der Waals surface area contributed by atoms with Crippen LogP contribution in [-0.4, -0.2) is 57.3 Å². The van der Waals surface area contributed by atoms with E-state index in [0.29, 0.717) is 6.04 Å². The average molecular weight is 267 g/mol. The Hall–Kier alpha value is -0.980. The fraction of sp³-hybridized carbons (Fsp3) is 0.846. The van der Waals surface area contributed by atoms with Gasteiger partial charge in [0, 0.05) is 44.5 Å². The lowest BCUT2D eigenvalue weighted by Gasteiger charge is -2.24. The maximum Gasteiger partial charge on any atom is 0.0964 e. The number of nitrogens with one attached hydrogen (secondary N) is 1. The largest absolute Gasteiger partial charge is 0.396 e. The van der Waals surface area contributed by atoms with E-state index >= 15 is 0 Å². The molecule has 0 saturated heterocycles. The third kappa shape index (κ3) is 4.56. The lowest BCUT2D eigenvalue weighted by Crippen LogP contribution is -2.38. The molecule has 0 radical (unpaired) electrons. The zero-order valence-electron chi connectivity index (χ0n) is 11.9. The van der Waals surface area contributed by atoms with Gasteiger partial charge in [-0.1, -0.05) is 5.21 Å². The van der Waals surface area contributed by atoms with Gasteiger partial charge < -0.3 is 10.4 Å². The molecule has 0 aliphatic heterocycles. The zero-order chi connectivity index (χ0) is 13.7. The Morgan fingerprint density at radius 1 is 1.58 bits per heavy atom. The molecule has 1 atom stereocenters. The van der Waals surface area contributed by atoms with Crippen LogP contribution in [0.3, 0.4) is 0 Å². The predicted octanol–water partition coefficient (Wildman–Crippen LogP) is 0.233. The number of aliphatic hydroxyl groups is 1. The summed E-state index contributed by atoms with van der Waals surface area (Å²) in [5.41, 5.74) is 0.958. The van der Waals surface area contributed by atoms with Gasteiger partial charge in [0.15, 0.2) is 0 Å². The molecule has 2 N–H and O–H groups in total. The third-order valence-corrected chi connectivity index (χ3v) is 3.70. The predicted molar refractivity (Wildman–Crippen MR) is 73.7 cm³/mol. The van der Waals surface area contributed by atoms with Crippen LogP contribution in [0, 0.1) is 0 Å². The fourth-order valence-electron chi connectivity index (χ4n) is 2.16. The van der Waals surface area contributed by atoms with Crippen molar-refractivity contribution in [3.8, 4) is 0 Å². The van der Waals surface area contributed by atoms with E-state index in [1.54, 1.807) is 4.68 Å². The van der Waals surface area contributed by atoms with E-state index in [-0.39, 0.29) is 6.61 Å². The van der Waals surface area contributed by atoms with E-state index in [9.17, 15) is 0 Å². The van der Waals surface area contributed by atoms with Gasteiger partial charge in [0.1, 0.15) is 0 Å². The van der Waals surface area contributed by atoms with Gasteiger partial charge in [-0.25, -0.2) is 0 Å². The molecule has 2 rings (SSSR count).